The minimum Gasteiger partial charge on any atom is -0.457 e. The highest BCUT2D eigenvalue weighted by atomic mass is 16.5. The van der Waals surface area contributed by atoms with Crippen LogP contribution in [0.25, 0.3) is 22.3 Å². The molecule has 7 aromatic rings. The standard InChI is InChI=1S/C47H38N4O/c1-47(2,34-14-5-3-6-15-34)35-26-27-48-46(30-35)51-44-23-12-11-22-42(44)40-20-9-10-21-41(40)43-25-24-39(32-45(43)51)52-38-19-13-18-37(31-38)50-29-28-49(33-50)36-16-7-4-8-17-36/h3-32H,33H2,1-2H3. The number of anilines is 5. The fourth-order valence-corrected chi connectivity index (χ4v) is 7.40. The lowest BCUT2D eigenvalue weighted by Crippen LogP contribution is -2.24. The van der Waals surface area contributed by atoms with Crippen molar-refractivity contribution in [3.63, 3.8) is 0 Å². The smallest absolute Gasteiger partial charge is 0.137 e. The third-order valence-corrected chi connectivity index (χ3v) is 10.3. The molecule has 0 saturated carbocycles. The fourth-order valence-electron chi connectivity index (χ4n) is 7.40. The van der Waals surface area contributed by atoms with Crippen molar-refractivity contribution in [1.82, 2.24) is 4.98 Å². The van der Waals surface area contributed by atoms with Crippen LogP contribution in [-0.2, 0) is 5.41 Å². The molecular formula is C47H38N4O. The molecule has 6 aromatic carbocycles. The minimum absolute atomic E-state index is 0.227. The first-order valence-electron chi connectivity index (χ1n) is 17.7. The monoisotopic (exact) mass is 674 g/mol. The van der Waals surface area contributed by atoms with Gasteiger partial charge in [-0.3, -0.25) is 4.90 Å². The van der Waals surface area contributed by atoms with Gasteiger partial charge < -0.3 is 14.5 Å². The van der Waals surface area contributed by atoms with Gasteiger partial charge in [0, 0.05) is 58.6 Å². The van der Waals surface area contributed by atoms with Gasteiger partial charge in [-0.25, -0.2) is 4.98 Å². The lowest BCUT2D eigenvalue weighted by atomic mass is 9.78. The Balaban J connectivity index is 1.12. The Kier molecular flexibility index (Phi) is 7.81. The van der Waals surface area contributed by atoms with Crippen molar-refractivity contribution in [1.29, 1.82) is 0 Å². The van der Waals surface area contributed by atoms with Gasteiger partial charge in [0.05, 0.1) is 18.0 Å². The number of nitrogens with zero attached hydrogens (tertiary/aromatic N) is 4. The van der Waals surface area contributed by atoms with E-state index >= 15 is 0 Å². The van der Waals surface area contributed by atoms with Crippen LogP contribution in [0.1, 0.15) is 25.0 Å². The molecule has 0 spiro atoms. The summed E-state index contributed by atoms with van der Waals surface area (Å²) in [7, 11) is 0. The van der Waals surface area contributed by atoms with E-state index in [4.69, 9.17) is 9.72 Å². The summed E-state index contributed by atoms with van der Waals surface area (Å²) in [5.41, 5.74) is 11.2. The van der Waals surface area contributed by atoms with Crippen molar-refractivity contribution in [3.8, 4) is 33.8 Å². The van der Waals surface area contributed by atoms with E-state index in [1.807, 2.05) is 18.3 Å². The van der Waals surface area contributed by atoms with Gasteiger partial charge in [-0.2, -0.15) is 0 Å². The van der Waals surface area contributed by atoms with Gasteiger partial charge >= 0.3 is 0 Å². The van der Waals surface area contributed by atoms with Gasteiger partial charge in [-0.15, -0.1) is 0 Å². The summed E-state index contributed by atoms with van der Waals surface area (Å²) in [4.78, 5) is 11.8. The van der Waals surface area contributed by atoms with E-state index in [0.717, 1.165) is 57.9 Å². The van der Waals surface area contributed by atoms with E-state index in [9.17, 15) is 0 Å². The average molecular weight is 675 g/mol. The number of pyridine rings is 1. The molecule has 0 radical (unpaired) electrons. The van der Waals surface area contributed by atoms with E-state index in [0.29, 0.717) is 0 Å². The summed E-state index contributed by atoms with van der Waals surface area (Å²) in [5.74, 6) is 2.38. The molecule has 252 valence electrons. The van der Waals surface area contributed by atoms with E-state index < -0.39 is 0 Å². The fraction of sp³-hybridized carbons (Fsp3) is 0.0851. The third-order valence-electron chi connectivity index (χ3n) is 10.3. The van der Waals surface area contributed by atoms with Gasteiger partial charge in [0.25, 0.3) is 0 Å². The van der Waals surface area contributed by atoms with Crippen LogP contribution in [0.5, 0.6) is 11.5 Å². The van der Waals surface area contributed by atoms with Crippen LogP contribution >= 0.6 is 0 Å². The van der Waals surface area contributed by atoms with Crippen LogP contribution in [0.15, 0.2) is 182 Å². The largest absolute Gasteiger partial charge is 0.457 e. The molecule has 2 aliphatic rings. The number of hydrogen-bond donors (Lipinski definition) is 0. The lowest BCUT2D eigenvalue weighted by molar-refractivity contribution is 0.483. The van der Waals surface area contributed by atoms with E-state index in [2.05, 4.69) is 193 Å². The van der Waals surface area contributed by atoms with Crippen molar-refractivity contribution in [2.45, 2.75) is 19.3 Å². The Morgan fingerprint density at radius 3 is 1.88 bits per heavy atom. The minimum atomic E-state index is -0.227. The van der Waals surface area contributed by atoms with Crippen molar-refractivity contribution in [2.75, 3.05) is 21.4 Å². The SMILES string of the molecule is CC(C)(c1ccccc1)c1ccnc(N2c3ccccc3-c3ccccc3-c3ccc(Oc4cccc(N5C=CN(c6ccccc6)C5)c4)cc32)c1. The molecule has 9 rings (SSSR count). The molecule has 2 aliphatic heterocycles. The van der Waals surface area contributed by atoms with Gasteiger partial charge in [0.1, 0.15) is 17.3 Å². The summed E-state index contributed by atoms with van der Waals surface area (Å²) >= 11 is 0. The van der Waals surface area contributed by atoms with Crippen LogP contribution in [0.2, 0.25) is 0 Å². The second-order valence-corrected chi connectivity index (χ2v) is 13.8. The molecule has 5 heteroatoms. The summed E-state index contributed by atoms with van der Waals surface area (Å²) in [6.07, 6.45) is 6.16. The number of hydrogen-bond acceptors (Lipinski definition) is 5. The van der Waals surface area contributed by atoms with E-state index in [-0.39, 0.29) is 5.41 Å². The first kappa shape index (κ1) is 31.4. The van der Waals surface area contributed by atoms with Crippen molar-refractivity contribution >= 4 is 28.6 Å². The summed E-state index contributed by atoms with van der Waals surface area (Å²) < 4.78 is 6.68. The topological polar surface area (TPSA) is 31.8 Å². The quantitative estimate of drug-likeness (QED) is 0.168. The lowest BCUT2D eigenvalue weighted by Gasteiger charge is -2.30. The second kappa shape index (κ2) is 12.9. The van der Waals surface area contributed by atoms with Crippen LogP contribution in [0, 0.1) is 0 Å². The molecule has 0 saturated heterocycles. The zero-order chi connectivity index (χ0) is 35.1. The molecule has 0 bridgehead atoms. The summed E-state index contributed by atoms with van der Waals surface area (Å²) in [6.45, 7) is 5.28. The second-order valence-electron chi connectivity index (χ2n) is 13.8. The first-order chi connectivity index (χ1) is 25.5. The van der Waals surface area contributed by atoms with Crippen molar-refractivity contribution < 1.29 is 4.74 Å². The normalized spacial score (nSPS) is 13.3. The first-order valence-corrected chi connectivity index (χ1v) is 17.7. The molecule has 0 unspecified atom stereocenters. The zero-order valence-electron chi connectivity index (χ0n) is 29.2. The Morgan fingerprint density at radius 1 is 0.500 bits per heavy atom. The maximum atomic E-state index is 6.68. The Hall–Kier alpha value is -6.59. The third kappa shape index (κ3) is 5.66. The molecule has 1 aromatic heterocycles. The molecule has 0 atom stereocenters. The van der Waals surface area contributed by atoms with Gasteiger partial charge in [-0.1, -0.05) is 111 Å². The van der Waals surface area contributed by atoms with E-state index in [1.54, 1.807) is 0 Å². The van der Waals surface area contributed by atoms with Crippen LogP contribution in [0.3, 0.4) is 0 Å². The number of aromatic nitrogens is 1. The predicted octanol–water partition coefficient (Wildman–Crippen LogP) is 12.1. The molecule has 0 aliphatic carbocycles. The van der Waals surface area contributed by atoms with Crippen LogP contribution in [0.4, 0.5) is 28.6 Å². The molecule has 5 nitrogen and oxygen atoms in total. The number of rotatable bonds is 7. The highest BCUT2D eigenvalue weighted by Gasteiger charge is 2.29. The molecule has 0 N–H and O–H groups in total. The maximum absolute atomic E-state index is 6.68. The highest BCUT2D eigenvalue weighted by Crippen LogP contribution is 2.51. The maximum Gasteiger partial charge on any atom is 0.137 e. The summed E-state index contributed by atoms with van der Waals surface area (Å²) in [6, 6.07) is 57.5. The van der Waals surface area contributed by atoms with Crippen molar-refractivity contribution in [2.24, 2.45) is 0 Å². The Morgan fingerprint density at radius 2 is 1.12 bits per heavy atom. The summed E-state index contributed by atoms with van der Waals surface area (Å²) in [5, 5.41) is 0. The Bertz CT molecular complexity index is 2420. The number of para-hydroxylation sites is 2. The molecule has 0 amide bonds. The average Bonchev–Trinajstić information content (AvgIpc) is 3.66. The number of ether oxygens (including phenoxy) is 1. The van der Waals surface area contributed by atoms with Gasteiger partial charge in [0.2, 0.25) is 0 Å². The molecule has 3 heterocycles. The molecule has 52 heavy (non-hydrogen) atoms. The zero-order valence-corrected chi connectivity index (χ0v) is 29.2. The number of fused-ring (bicyclic) bond motifs is 5. The Labute approximate surface area is 305 Å². The van der Waals surface area contributed by atoms with Gasteiger partial charge in [-0.05, 0) is 76.9 Å². The highest BCUT2D eigenvalue weighted by molar-refractivity contribution is 6.02. The predicted molar refractivity (Wildman–Crippen MR) is 214 cm³/mol. The molecule has 0 fully saturated rings. The van der Waals surface area contributed by atoms with Crippen molar-refractivity contribution in [3.05, 3.63) is 194 Å². The van der Waals surface area contributed by atoms with E-state index in [1.165, 1.54) is 22.3 Å². The number of benzene rings is 6. The molecular weight excluding hydrogens is 637 g/mol. The van der Waals surface area contributed by atoms with Gasteiger partial charge in [0.15, 0.2) is 0 Å². The van der Waals surface area contributed by atoms with Crippen LogP contribution < -0.4 is 19.4 Å². The van der Waals surface area contributed by atoms with Crippen LogP contribution in [-0.4, -0.2) is 11.7 Å².